The third-order valence-electron chi connectivity index (χ3n) is 3.74. The predicted molar refractivity (Wildman–Crippen MR) is 87.3 cm³/mol. The molecule has 0 bridgehead atoms. The Labute approximate surface area is 139 Å². The van der Waals surface area contributed by atoms with Gasteiger partial charge in [0.1, 0.15) is 5.76 Å². The molecule has 0 saturated carbocycles. The van der Waals surface area contributed by atoms with Crippen LogP contribution in [-0.2, 0) is 20.8 Å². The number of sulfonamides is 1. The Morgan fingerprint density at radius 3 is 2.70 bits per heavy atom. The first-order valence-electron chi connectivity index (χ1n) is 7.30. The summed E-state index contributed by atoms with van der Waals surface area (Å²) >= 11 is 0. The first-order chi connectivity index (χ1) is 10.6. The largest absolute Gasteiger partial charge is 0.448 e. The second-order valence-electron chi connectivity index (χ2n) is 5.99. The van der Waals surface area contributed by atoms with Crippen LogP contribution in [0.3, 0.4) is 0 Å². The Hall–Kier alpha value is -1.19. The van der Waals surface area contributed by atoms with E-state index in [1.54, 1.807) is 11.8 Å². The summed E-state index contributed by atoms with van der Waals surface area (Å²) in [5.74, 6) is 1.15. The van der Waals surface area contributed by atoms with E-state index in [9.17, 15) is 17.4 Å². The fraction of sp³-hybridized carbons (Fsp3) is 0.643. The molecule has 2 rings (SSSR count). The summed E-state index contributed by atoms with van der Waals surface area (Å²) in [5.41, 5.74) is 0.241. The quantitative estimate of drug-likeness (QED) is 0.789. The molecule has 1 saturated heterocycles. The first-order valence-corrected chi connectivity index (χ1v) is 10.2. The monoisotopic (exact) mass is 362 g/mol. The summed E-state index contributed by atoms with van der Waals surface area (Å²) in [6, 6.07) is 1.28. The van der Waals surface area contributed by atoms with Gasteiger partial charge in [-0.1, -0.05) is 6.92 Å². The van der Waals surface area contributed by atoms with Crippen LogP contribution < -0.4 is 0 Å². The molecule has 0 N–H and O–H groups in total. The van der Waals surface area contributed by atoms with Crippen molar-refractivity contribution in [2.24, 2.45) is 5.92 Å². The average Bonchev–Trinajstić information content (AvgIpc) is 2.76. The van der Waals surface area contributed by atoms with Crippen molar-refractivity contribution >= 4 is 26.7 Å². The van der Waals surface area contributed by atoms with Crippen LogP contribution in [0.5, 0.6) is 0 Å². The van der Waals surface area contributed by atoms with Crippen LogP contribution in [0.4, 0.5) is 0 Å². The molecule has 23 heavy (non-hydrogen) atoms. The molecule has 1 aliphatic rings. The lowest BCUT2D eigenvalue weighted by Crippen LogP contribution is -2.35. The molecule has 9 heteroatoms. The molecule has 0 radical (unpaired) electrons. The van der Waals surface area contributed by atoms with Crippen molar-refractivity contribution in [1.29, 1.82) is 0 Å². The van der Waals surface area contributed by atoms with Gasteiger partial charge in [-0.25, -0.2) is 12.7 Å². The van der Waals surface area contributed by atoms with Gasteiger partial charge in [0.2, 0.25) is 5.09 Å². The number of hydrogen-bond acceptors (Lipinski definition) is 5. The van der Waals surface area contributed by atoms with Gasteiger partial charge in [-0.05, 0) is 12.8 Å². The van der Waals surface area contributed by atoms with Crippen LogP contribution >= 0.6 is 0 Å². The van der Waals surface area contributed by atoms with Crippen LogP contribution in [-0.4, -0.2) is 66.4 Å². The minimum Gasteiger partial charge on any atom is -0.448 e. The molecule has 1 aromatic rings. The number of hydrogen-bond donors (Lipinski definition) is 0. The summed E-state index contributed by atoms with van der Waals surface area (Å²) in [7, 11) is -1.84. The van der Waals surface area contributed by atoms with E-state index in [2.05, 4.69) is 0 Å². The highest BCUT2D eigenvalue weighted by atomic mass is 32.2. The molecule has 2 heterocycles. The number of nitrogens with zero attached hydrogens (tertiary/aromatic N) is 2. The molecule has 1 aromatic heterocycles. The topological polar surface area (TPSA) is 87.9 Å². The van der Waals surface area contributed by atoms with Gasteiger partial charge in [0, 0.05) is 55.6 Å². The standard InChI is InChI=1S/C14H22N2O5S2/c1-10-8-16(5-6-22(18)9-10)14(17)12-7-13(21-11(12)2)23(19,20)15(3)4/h7,10H,5-6,8-9H2,1-4H3. The molecule has 7 nitrogen and oxygen atoms in total. The zero-order valence-electron chi connectivity index (χ0n) is 13.7. The molecular formula is C14H22N2O5S2. The second kappa shape index (κ2) is 6.74. The molecule has 2 atom stereocenters. The number of amides is 1. The van der Waals surface area contributed by atoms with Crippen molar-refractivity contribution in [3.63, 3.8) is 0 Å². The lowest BCUT2D eigenvalue weighted by molar-refractivity contribution is 0.0750. The van der Waals surface area contributed by atoms with E-state index in [1.165, 1.54) is 20.2 Å². The molecule has 1 fully saturated rings. The SMILES string of the molecule is Cc1oc(S(=O)(=O)N(C)C)cc1C(=O)N1CCS(=O)CC(C)C1. The minimum absolute atomic E-state index is 0.138. The van der Waals surface area contributed by atoms with Gasteiger partial charge >= 0.3 is 0 Å². The normalized spacial score (nSPS) is 23.1. The number of rotatable bonds is 3. The fourth-order valence-corrected chi connectivity index (χ4v) is 4.65. The molecule has 0 spiro atoms. The summed E-state index contributed by atoms with van der Waals surface area (Å²) in [6.45, 7) is 4.43. The van der Waals surface area contributed by atoms with Gasteiger partial charge in [-0.2, -0.15) is 0 Å². The fourth-order valence-electron chi connectivity index (χ4n) is 2.46. The lowest BCUT2D eigenvalue weighted by Gasteiger charge is -2.21. The smallest absolute Gasteiger partial charge is 0.275 e. The summed E-state index contributed by atoms with van der Waals surface area (Å²) in [4.78, 5) is 14.3. The van der Waals surface area contributed by atoms with Crippen molar-refractivity contribution in [3.8, 4) is 0 Å². The van der Waals surface area contributed by atoms with E-state index >= 15 is 0 Å². The third-order valence-corrected chi connectivity index (χ3v) is 6.99. The zero-order valence-corrected chi connectivity index (χ0v) is 15.4. The van der Waals surface area contributed by atoms with Gasteiger partial charge in [0.15, 0.2) is 0 Å². The number of carbonyl (C=O) groups excluding carboxylic acids is 1. The van der Waals surface area contributed by atoms with Crippen LogP contribution in [0.25, 0.3) is 0 Å². The van der Waals surface area contributed by atoms with Crippen LogP contribution in [0.1, 0.15) is 23.0 Å². The molecule has 1 amide bonds. The first kappa shape index (κ1) is 18.2. The van der Waals surface area contributed by atoms with Crippen LogP contribution in [0.2, 0.25) is 0 Å². The van der Waals surface area contributed by atoms with Crippen molar-refractivity contribution in [2.75, 3.05) is 38.7 Å². The molecule has 0 aromatic carbocycles. The van der Waals surface area contributed by atoms with Gasteiger partial charge < -0.3 is 9.32 Å². The summed E-state index contributed by atoms with van der Waals surface area (Å²) in [6.07, 6.45) is 0. The zero-order chi connectivity index (χ0) is 17.4. The highest BCUT2D eigenvalue weighted by Crippen LogP contribution is 2.23. The van der Waals surface area contributed by atoms with E-state index in [0.717, 1.165) is 4.31 Å². The molecular weight excluding hydrogens is 340 g/mol. The Morgan fingerprint density at radius 1 is 1.43 bits per heavy atom. The van der Waals surface area contributed by atoms with Gasteiger partial charge in [0.05, 0.1) is 5.56 Å². The summed E-state index contributed by atoms with van der Waals surface area (Å²) < 4.78 is 42.3. The molecule has 1 aliphatic heterocycles. The predicted octanol–water partition coefficient (Wildman–Crippen LogP) is 0.679. The van der Waals surface area contributed by atoms with Crippen LogP contribution in [0.15, 0.2) is 15.6 Å². The highest BCUT2D eigenvalue weighted by molar-refractivity contribution is 7.89. The highest BCUT2D eigenvalue weighted by Gasteiger charge is 2.29. The Morgan fingerprint density at radius 2 is 2.09 bits per heavy atom. The van der Waals surface area contributed by atoms with Gasteiger partial charge in [-0.3, -0.25) is 9.00 Å². The van der Waals surface area contributed by atoms with E-state index in [-0.39, 0.29) is 28.2 Å². The molecule has 0 aliphatic carbocycles. The van der Waals surface area contributed by atoms with Crippen molar-refractivity contribution < 1.29 is 21.8 Å². The molecule has 2 unspecified atom stereocenters. The van der Waals surface area contributed by atoms with Crippen molar-refractivity contribution in [2.45, 2.75) is 18.9 Å². The number of carbonyl (C=O) groups is 1. The number of furan rings is 1. The Balaban J connectivity index is 2.30. The van der Waals surface area contributed by atoms with Crippen molar-refractivity contribution in [3.05, 3.63) is 17.4 Å². The number of aryl methyl sites for hydroxylation is 1. The second-order valence-corrected chi connectivity index (χ2v) is 9.69. The van der Waals surface area contributed by atoms with Gasteiger partial charge in [-0.15, -0.1) is 0 Å². The third kappa shape index (κ3) is 3.84. The van der Waals surface area contributed by atoms with E-state index in [4.69, 9.17) is 4.42 Å². The molecule has 130 valence electrons. The van der Waals surface area contributed by atoms with E-state index in [1.807, 2.05) is 6.92 Å². The average molecular weight is 362 g/mol. The maximum absolute atomic E-state index is 12.7. The summed E-state index contributed by atoms with van der Waals surface area (Å²) in [5, 5.41) is -0.241. The Bertz CT molecular complexity index is 724. The lowest BCUT2D eigenvalue weighted by atomic mass is 10.1. The minimum atomic E-state index is -3.72. The van der Waals surface area contributed by atoms with Gasteiger partial charge in [0.25, 0.3) is 15.9 Å². The Kier molecular flexibility index (Phi) is 5.32. The van der Waals surface area contributed by atoms with E-state index < -0.39 is 20.8 Å². The van der Waals surface area contributed by atoms with Crippen LogP contribution in [0, 0.1) is 12.8 Å². The van der Waals surface area contributed by atoms with Crippen molar-refractivity contribution in [1.82, 2.24) is 9.21 Å². The van der Waals surface area contributed by atoms with E-state index in [0.29, 0.717) is 24.6 Å². The maximum Gasteiger partial charge on any atom is 0.275 e. The maximum atomic E-state index is 12.7.